The minimum atomic E-state index is -4.47. The maximum atomic E-state index is 12.6. The molecule has 1 unspecified atom stereocenters. The van der Waals surface area contributed by atoms with Crippen LogP contribution in [0.2, 0.25) is 0 Å². The molecule has 1 aliphatic carbocycles. The maximum Gasteiger partial charge on any atom is 0.398 e. The number of carbonyl (C=O) groups excluding carboxylic acids is 1. The molecule has 1 aliphatic rings. The standard InChI is InChI=1S/C15H17F3O/c1-10(15(16,17)18)14(19)13-8-4-7-12(9-13)11-5-2-3-6-11/h4,7-11H,2-3,5-6H2,1H3. The van der Waals surface area contributed by atoms with Crippen LogP contribution in [-0.2, 0) is 0 Å². The minimum Gasteiger partial charge on any atom is -0.294 e. The van der Waals surface area contributed by atoms with Gasteiger partial charge in [-0.05, 0) is 37.3 Å². The predicted octanol–water partition coefficient (Wildman–Crippen LogP) is 4.73. The zero-order valence-electron chi connectivity index (χ0n) is 10.8. The van der Waals surface area contributed by atoms with Gasteiger partial charge in [-0.25, -0.2) is 0 Å². The molecule has 0 bridgehead atoms. The molecule has 0 aromatic heterocycles. The van der Waals surface area contributed by atoms with E-state index in [1.165, 1.54) is 6.07 Å². The van der Waals surface area contributed by atoms with E-state index in [0.29, 0.717) is 5.92 Å². The van der Waals surface area contributed by atoms with Crippen LogP contribution in [0.3, 0.4) is 0 Å². The summed E-state index contributed by atoms with van der Waals surface area (Å²) in [6.07, 6.45) is -0.0387. The van der Waals surface area contributed by atoms with Gasteiger partial charge < -0.3 is 0 Å². The number of halogens is 3. The second-order valence-corrected chi connectivity index (χ2v) is 5.23. The molecule has 4 heteroatoms. The largest absolute Gasteiger partial charge is 0.398 e. The van der Waals surface area contributed by atoms with Gasteiger partial charge in [0.1, 0.15) is 5.92 Å². The minimum absolute atomic E-state index is 0.175. The summed E-state index contributed by atoms with van der Waals surface area (Å²) < 4.78 is 37.7. The monoisotopic (exact) mass is 270 g/mol. The van der Waals surface area contributed by atoms with Crippen LogP contribution in [0.25, 0.3) is 0 Å². The topological polar surface area (TPSA) is 17.1 Å². The molecule has 0 heterocycles. The molecule has 0 N–H and O–H groups in total. The summed E-state index contributed by atoms with van der Waals surface area (Å²) in [7, 11) is 0. The molecular weight excluding hydrogens is 253 g/mol. The van der Waals surface area contributed by atoms with Crippen molar-refractivity contribution in [1.82, 2.24) is 0 Å². The molecule has 2 rings (SSSR count). The summed E-state index contributed by atoms with van der Waals surface area (Å²) in [6.45, 7) is 0.921. The first-order valence-corrected chi connectivity index (χ1v) is 6.60. The fourth-order valence-corrected chi connectivity index (χ4v) is 2.60. The van der Waals surface area contributed by atoms with Crippen LogP contribution in [-0.4, -0.2) is 12.0 Å². The van der Waals surface area contributed by atoms with Gasteiger partial charge in [0.2, 0.25) is 0 Å². The lowest BCUT2D eigenvalue weighted by Gasteiger charge is -2.16. The molecular formula is C15H17F3O. The molecule has 104 valence electrons. The van der Waals surface area contributed by atoms with Gasteiger partial charge in [0.15, 0.2) is 5.78 Å². The van der Waals surface area contributed by atoms with Crippen LogP contribution < -0.4 is 0 Å². The highest BCUT2D eigenvalue weighted by Gasteiger charge is 2.41. The highest BCUT2D eigenvalue weighted by atomic mass is 19.4. The number of alkyl halides is 3. The lowest BCUT2D eigenvalue weighted by molar-refractivity contribution is -0.155. The molecule has 0 spiro atoms. The van der Waals surface area contributed by atoms with Crippen LogP contribution in [0.4, 0.5) is 13.2 Å². The second-order valence-electron chi connectivity index (χ2n) is 5.23. The van der Waals surface area contributed by atoms with Gasteiger partial charge in [-0.3, -0.25) is 4.79 Å². The Balaban J connectivity index is 2.21. The van der Waals surface area contributed by atoms with E-state index in [1.54, 1.807) is 12.1 Å². The number of ketones is 1. The molecule has 1 saturated carbocycles. The van der Waals surface area contributed by atoms with Crippen molar-refractivity contribution in [1.29, 1.82) is 0 Å². The summed E-state index contributed by atoms with van der Waals surface area (Å²) >= 11 is 0. The Morgan fingerprint density at radius 1 is 1.26 bits per heavy atom. The smallest absolute Gasteiger partial charge is 0.294 e. The first-order valence-electron chi connectivity index (χ1n) is 6.60. The van der Waals surface area contributed by atoms with Crippen molar-refractivity contribution >= 4 is 5.78 Å². The van der Waals surface area contributed by atoms with Crippen LogP contribution in [0.5, 0.6) is 0 Å². The van der Waals surface area contributed by atoms with Crippen LogP contribution in [0.1, 0.15) is 54.4 Å². The van der Waals surface area contributed by atoms with Crippen molar-refractivity contribution in [2.24, 2.45) is 5.92 Å². The Bertz CT molecular complexity index is 459. The zero-order valence-corrected chi connectivity index (χ0v) is 10.8. The van der Waals surface area contributed by atoms with Crippen molar-refractivity contribution in [2.75, 3.05) is 0 Å². The Morgan fingerprint density at radius 2 is 1.89 bits per heavy atom. The van der Waals surface area contributed by atoms with Crippen LogP contribution in [0.15, 0.2) is 24.3 Å². The fraction of sp³-hybridized carbons (Fsp3) is 0.533. The summed E-state index contributed by atoms with van der Waals surface area (Å²) in [6, 6.07) is 6.71. The molecule has 19 heavy (non-hydrogen) atoms. The number of rotatable bonds is 3. The first kappa shape index (κ1) is 14.1. The van der Waals surface area contributed by atoms with Crippen molar-refractivity contribution in [3.8, 4) is 0 Å². The highest BCUT2D eigenvalue weighted by Crippen LogP contribution is 2.35. The summed E-state index contributed by atoms with van der Waals surface area (Å²) in [5, 5.41) is 0. The molecule has 1 nitrogen and oxygen atoms in total. The lowest BCUT2D eigenvalue weighted by atomic mass is 9.92. The normalized spacial score (nSPS) is 18.5. The molecule has 1 atom stereocenters. The van der Waals surface area contributed by atoms with E-state index in [4.69, 9.17) is 0 Å². The van der Waals surface area contributed by atoms with Crippen molar-refractivity contribution in [2.45, 2.75) is 44.7 Å². The Labute approximate surface area is 110 Å². The Morgan fingerprint density at radius 3 is 2.47 bits per heavy atom. The van der Waals surface area contributed by atoms with E-state index in [2.05, 4.69) is 0 Å². The molecule has 0 saturated heterocycles. The maximum absolute atomic E-state index is 12.6. The van der Waals surface area contributed by atoms with Gasteiger partial charge in [-0.1, -0.05) is 31.0 Å². The molecule has 1 aromatic rings. The van der Waals surface area contributed by atoms with Gasteiger partial charge in [-0.2, -0.15) is 13.2 Å². The van der Waals surface area contributed by atoms with Crippen LogP contribution >= 0.6 is 0 Å². The molecule has 0 aliphatic heterocycles. The average molecular weight is 270 g/mol. The van der Waals surface area contributed by atoms with Crippen molar-refractivity contribution in [3.63, 3.8) is 0 Å². The molecule has 0 radical (unpaired) electrons. The van der Waals surface area contributed by atoms with Crippen molar-refractivity contribution in [3.05, 3.63) is 35.4 Å². The summed E-state index contributed by atoms with van der Waals surface area (Å²) in [4.78, 5) is 11.8. The first-order chi connectivity index (χ1) is 8.89. The SMILES string of the molecule is CC(C(=O)c1cccc(C2CCCC2)c1)C(F)(F)F. The van der Waals surface area contributed by atoms with Gasteiger partial charge >= 0.3 is 6.18 Å². The van der Waals surface area contributed by atoms with Gasteiger partial charge in [0.05, 0.1) is 0 Å². The molecule has 1 aromatic carbocycles. The van der Waals surface area contributed by atoms with E-state index in [0.717, 1.165) is 38.2 Å². The fourth-order valence-electron chi connectivity index (χ4n) is 2.60. The number of hydrogen-bond donors (Lipinski definition) is 0. The third-order valence-electron chi connectivity index (χ3n) is 3.88. The third kappa shape index (κ3) is 3.17. The van der Waals surface area contributed by atoms with Gasteiger partial charge in [0, 0.05) is 5.56 Å². The van der Waals surface area contributed by atoms with Crippen LogP contribution in [0, 0.1) is 5.92 Å². The van der Waals surface area contributed by atoms with E-state index in [1.807, 2.05) is 6.07 Å². The second kappa shape index (κ2) is 5.35. The quantitative estimate of drug-likeness (QED) is 0.726. The van der Waals surface area contributed by atoms with E-state index in [9.17, 15) is 18.0 Å². The number of Topliss-reactive ketones (excluding diaryl/α,β-unsaturated/α-hetero) is 1. The third-order valence-corrected chi connectivity index (χ3v) is 3.88. The number of hydrogen-bond acceptors (Lipinski definition) is 1. The summed E-state index contributed by atoms with van der Waals surface area (Å²) in [5.74, 6) is -2.38. The average Bonchev–Trinajstić information content (AvgIpc) is 2.90. The molecule has 1 fully saturated rings. The number of benzene rings is 1. The zero-order chi connectivity index (χ0) is 14.0. The van der Waals surface area contributed by atoms with E-state index in [-0.39, 0.29) is 5.56 Å². The number of carbonyl (C=O) groups is 1. The lowest BCUT2D eigenvalue weighted by Crippen LogP contribution is -2.28. The Hall–Kier alpha value is -1.32. The van der Waals surface area contributed by atoms with Gasteiger partial charge in [0.25, 0.3) is 0 Å². The van der Waals surface area contributed by atoms with Crippen molar-refractivity contribution < 1.29 is 18.0 Å². The highest BCUT2D eigenvalue weighted by molar-refractivity contribution is 5.98. The van der Waals surface area contributed by atoms with E-state index >= 15 is 0 Å². The summed E-state index contributed by atoms with van der Waals surface area (Å²) in [5.41, 5.74) is 1.17. The van der Waals surface area contributed by atoms with Gasteiger partial charge in [-0.15, -0.1) is 0 Å². The van der Waals surface area contributed by atoms with E-state index < -0.39 is 17.9 Å². The molecule has 0 amide bonds. The Kier molecular flexibility index (Phi) is 3.97. The predicted molar refractivity (Wildman–Crippen MR) is 67.2 cm³/mol.